The number of carbonyl (C=O) groups excluding carboxylic acids is 1. The molecule has 2 saturated carbocycles. The van der Waals surface area contributed by atoms with Gasteiger partial charge in [0.05, 0.1) is 11.7 Å². The fraction of sp³-hybridized carbons (Fsp3) is 0.632. The molecule has 2 N–H and O–H groups in total. The van der Waals surface area contributed by atoms with Gasteiger partial charge in [-0.3, -0.25) is 4.79 Å². The Morgan fingerprint density at radius 1 is 1.16 bits per heavy atom. The van der Waals surface area contributed by atoms with Gasteiger partial charge in [-0.15, -0.1) is 12.4 Å². The van der Waals surface area contributed by atoms with E-state index in [4.69, 9.17) is 22.1 Å². The van der Waals surface area contributed by atoms with Gasteiger partial charge in [-0.05, 0) is 68.6 Å². The molecule has 0 spiro atoms. The molecule has 3 atom stereocenters. The molecule has 1 amide bonds. The molecular weight excluding hydrogens is 359 g/mol. The molecule has 2 aliphatic carbocycles. The first-order chi connectivity index (χ1) is 11.6. The Bertz CT molecular complexity index is 634. The van der Waals surface area contributed by atoms with Gasteiger partial charge in [-0.1, -0.05) is 11.6 Å². The third kappa shape index (κ3) is 3.76. The molecule has 1 heterocycles. The molecule has 25 heavy (non-hydrogen) atoms. The van der Waals surface area contributed by atoms with Crippen molar-refractivity contribution in [3.8, 4) is 5.75 Å². The first-order valence-corrected chi connectivity index (χ1v) is 9.50. The summed E-state index contributed by atoms with van der Waals surface area (Å²) in [5.41, 5.74) is 6.80. The monoisotopic (exact) mass is 384 g/mol. The van der Waals surface area contributed by atoms with Gasteiger partial charge < -0.3 is 15.4 Å². The van der Waals surface area contributed by atoms with Crippen LogP contribution in [0.4, 0.5) is 0 Å². The van der Waals surface area contributed by atoms with Crippen LogP contribution in [0.15, 0.2) is 18.2 Å². The van der Waals surface area contributed by atoms with Crippen LogP contribution >= 0.6 is 24.0 Å². The number of rotatable bonds is 3. The number of fused-ring (bicyclic) bond motifs is 1. The zero-order valence-corrected chi connectivity index (χ0v) is 15.9. The van der Waals surface area contributed by atoms with Crippen molar-refractivity contribution in [3.63, 3.8) is 0 Å². The molecule has 3 fully saturated rings. The van der Waals surface area contributed by atoms with E-state index >= 15 is 0 Å². The van der Waals surface area contributed by atoms with Crippen LogP contribution in [0.5, 0.6) is 5.75 Å². The molecule has 4 rings (SSSR count). The van der Waals surface area contributed by atoms with Crippen molar-refractivity contribution in [3.05, 3.63) is 28.8 Å². The van der Waals surface area contributed by atoms with E-state index in [1.54, 1.807) is 12.1 Å². The maximum absolute atomic E-state index is 13.1. The van der Waals surface area contributed by atoms with Crippen molar-refractivity contribution in [2.24, 2.45) is 17.6 Å². The van der Waals surface area contributed by atoms with Crippen molar-refractivity contribution in [1.82, 2.24) is 4.90 Å². The molecule has 1 aliphatic heterocycles. The zero-order chi connectivity index (χ0) is 16.7. The maximum Gasteiger partial charge on any atom is 0.257 e. The quantitative estimate of drug-likeness (QED) is 0.859. The van der Waals surface area contributed by atoms with Gasteiger partial charge in [-0.25, -0.2) is 0 Å². The Morgan fingerprint density at radius 2 is 1.92 bits per heavy atom. The minimum Gasteiger partial charge on any atom is -0.490 e. The Kier molecular flexibility index (Phi) is 5.81. The topological polar surface area (TPSA) is 55.6 Å². The third-order valence-corrected chi connectivity index (χ3v) is 6.20. The predicted octanol–water partition coefficient (Wildman–Crippen LogP) is 3.89. The van der Waals surface area contributed by atoms with E-state index in [0.717, 1.165) is 38.8 Å². The van der Waals surface area contributed by atoms with E-state index in [9.17, 15) is 4.79 Å². The first kappa shape index (κ1) is 18.8. The second kappa shape index (κ2) is 7.73. The molecule has 6 heteroatoms. The number of nitrogens with zero attached hydrogens (tertiary/aromatic N) is 1. The molecule has 1 saturated heterocycles. The summed E-state index contributed by atoms with van der Waals surface area (Å²) in [5, 5.41) is 0.577. The van der Waals surface area contributed by atoms with E-state index in [1.165, 1.54) is 12.8 Å². The van der Waals surface area contributed by atoms with Crippen LogP contribution in [0.1, 0.15) is 48.9 Å². The number of hydrogen-bond donors (Lipinski definition) is 1. The zero-order valence-electron chi connectivity index (χ0n) is 14.3. The van der Waals surface area contributed by atoms with Crippen LogP contribution in [0.3, 0.4) is 0 Å². The number of ether oxygens (including phenoxy) is 1. The van der Waals surface area contributed by atoms with Crippen LogP contribution in [0.25, 0.3) is 0 Å². The van der Waals surface area contributed by atoms with Crippen molar-refractivity contribution >= 4 is 29.9 Å². The number of benzene rings is 1. The van der Waals surface area contributed by atoms with Crippen molar-refractivity contribution in [2.75, 3.05) is 13.1 Å². The van der Waals surface area contributed by atoms with Gasteiger partial charge in [0.1, 0.15) is 5.75 Å². The van der Waals surface area contributed by atoms with Crippen molar-refractivity contribution < 1.29 is 9.53 Å². The summed E-state index contributed by atoms with van der Waals surface area (Å²) in [6, 6.07) is 5.64. The fourth-order valence-electron chi connectivity index (χ4n) is 4.60. The lowest BCUT2D eigenvalue weighted by Crippen LogP contribution is -2.33. The molecule has 3 unspecified atom stereocenters. The molecule has 1 aromatic rings. The number of carbonyl (C=O) groups is 1. The van der Waals surface area contributed by atoms with Gasteiger partial charge in [0, 0.05) is 24.2 Å². The number of halogens is 2. The fourth-order valence-corrected chi connectivity index (χ4v) is 4.77. The van der Waals surface area contributed by atoms with Crippen LogP contribution < -0.4 is 10.5 Å². The third-order valence-electron chi connectivity index (χ3n) is 5.97. The second-order valence-corrected chi connectivity index (χ2v) is 7.98. The van der Waals surface area contributed by atoms with Gasteiger partial charge in [0.2, 0.25) is 0 Å². The highest BCUT2D eigenvalue weighted by Gasteiger charge is 2.43. The predicted molar refractivity (Wildman–Crippen MR) is 102 cm³/mol. The minimum absolute atomic E-state index is 0. The van der Waals surface area contributed by atoms with Gasteiger partial charge in [0.25, 0.3) is 5.91 Å². The molecule has 4 nitrogen and oxygen atoms in total. The van der Waals surface area contributed by atoms with Gasteiger partial charge >= 0.3 is 0 Å². The first-order valence-electron chi connectivity index (χ1n) is 9.13. The summed E-state index contributed by atoms with van der Waals surface area (Å²) in [4.78, 5) is 15.0. The summed E-state index contributed by atoms with van der Waals surface area (Å²) in [5.74, 6) is 1.72. The maximum atomic E-state index is 13.1. The average molecular weight is 385 g/mol. The molecular formula is C19H26Cl2N2O2. The summed E-state index contributed by atoms with van der Waals surface area (Å²) in [6.07, 6.45) is 6.99. The summed E-state index contributed by atoms with van der Waals surface area (Å²) < 4.78 is 6.13. The molecule has 0 radical (unpaired) electrons. The number of amides is 1. The molecule has 0 aromatic heterocycles. The molecule has 138 valence electrons. The van der Waals surface area contributed by atoms with Crippen LogP contribution in [0.2, 0.25) is 5.02 Å². The van der Waals surface area contributed by atoms with Crippen LogP contribution in [0, 0.1) is 11.8 Å². The highest BCUT2D eigenvalue weighted by Crippen LogP contribution is 2.38. The lowest BCUT2D eigenvalue weighted by Gasteiger charge is -2.22. The van der Waals surface area contributed by atoms with E-state index in [1.807, 2.05) is 11.0 Å². The molecule has 0 bridgehead atoms. The average Bonchev–Trinajstić information content (AvgIpc) is 3.28. The van der Waals surface area contributed by atoms with Crippen molar-refractivity contribution in [2.45, 2.75) is 50.7 Å². The molecule has 1 aromatic carbocycles. The smallest absolute Gasteiger partial charge is 0.257 e. The minimum atomic E-state index is 0. The van der Waals surface area contributed by atoms with E-state index < -0.39 is 0 Å². The highest BCUT2D eigenvalue weighted by molar-refractivity contribution is 6.31. The standard InChI is InChI=1S/C19H25ClN2O2.ClH/c20-13-6-8-18(24-14-3-1-2-4-14)15(9-13)19(23)22-10-12-5-7-17(21)16(12)11-22;/h6,8-9,12,14,16-17H,1-5,7,10-11,21H2;1H. The number of nitrogens with two attached hydrogens (primary N) is 1. The number of likely N-dealkylation sites (tertiary alicyclic amines) is 1. The largest absolute Gasteiger partial charge is 0.490 e. The Balaban J connectivity index is 0.00000182. The van der Waals surface area contributed by atoms with Gasteiger partial charge in [0.15, 0.2) is 0 Å². The summed E-state index contributed by atoms with van der Waals surface area (Å²) in [6.45, 7) is 1.58. The normalized spacial score (nSPS) is 28.7. The highest BCUT2D eigenvalue weighted by atomic mass is 35.5. The van der Waals surface area contributed by atoms with Crippen LogP contribution in [-0.4, -0.2) is 36.0 Å². The van der Waals surface area contributed by atoms with E-state index in [2.05, 4.69) is 0 Å². The molecule has 3 aliphatic rings. The van der Waals surface area contributed by atoms with Crippen molar-refractivity contribution in [1.29, 1.82) is 0 Å². The van der Waals surface area contributed by atoms with E-state index in [-0.39, 0.29) is 30.5 Å². The summed E-state index contributed by atoms with van der Waals surface area (Å²) in [7, 11) is 0. The Morgan fingerprint density at radius 3 is 2.64 bits per heavy atom. The second-order valence-electron chi connectivity index (χ2n) is 7.54. The number of hydrogen-bond acceptors (Lipinski definition) is 3. The van der Waals surface area contributed by atoms with Gasteiger partial charge in [-0.2, -0.15) is 0 Å². The lowest BCUT2D eigenvalue weighted by atomic mass is 9.98. The summed E-state index contributed by atoms with van der Waals surface area (Å²) >= 11 is 6.16. The Labute approximate surface area is 160 Å². The van der Waals surface area contributed by atoms with E-state index in [0.29, 0.717) is 28.2 Å². The SMILES string of the molecule is Cl.NC1CCC2CN(C(=O)c3cc(Cl)ccc3OC3CCCC3)CC12. The lowest BCUT2D eigenvalue weighted by molar-refractivity contribution is 0.0772. The Hall–Kier alpha value is -0.970. The van der Waals surface area contributed by atoms with Crippen LogP contribution in [-0.2, 0) is 0 Å².